The van der Waals surface area contributed by atoms with E-state index in [1.54, 1.807) is 12.1 Å². The maximum absolute atomic E-state index is 10.6. The minimum absolute atomic E-state index is 0.0962. The van der Waals surface area contributed by atoms with Crippen molar-refractivity contribution >= 4 is 17.3 Å². The fourth-order valence-electron chi connectivity index (χ4n) is 1.70. The van der Waals surface area contributed by atoms with Gasteiger partial charge < -0.3 is 16.0 Å². The van der Waals surface area contributed by atoms with Crippen LogP contribution in [-0.4, -0.2) is 37.1 Å². The van der Waals surface area contributed by atoms with Gasteiger partial charge in [0.2, 0.25) is 0 Å². The Balaban J connectivity index is 2.36. The van der Waals surface area contributed by atoms with Crippen LogP contribution in [0.5, 0.6) is 0 Å². The van der Waals surface area contributed by atoms with Crippen molar-refractivity contribution in [3.63, 3.8) is 0 Å². The summed E-state index contributed by atoms with van der Waals surface area (Å²) in [5.41, 5.74) is 0.954. The van der Waals surface area contributed by atoms with Crippen molar-refractivity contribution in [3.05, 3.63) is 34.4 Å². The molecule has 0 saturated carbocycles. The van der Waals surface area contributed by atoms with Gasteiger partial charge in [-0.1, -0.05) is 13.8 Å². The van der Waals surface area contributed by atoms with Crippen LogP contribution in [0.3, 0.4) is 0 Å². The van der Waals surface area contributed by atoms with Crippen molar-refractivity contribution < 1.29 is 4.92 Å². The summed E-state index contributed by atoms with van der Waals surface area (Å²) in [6.07, 6.45) is 0. The molecule has 0 fully saturated rings. The second kappa shape index (κ2) is 9.59. The van der Waals surface area contributed by atoms with Crippen molar-refractivity contribution in [2.45, 2.75) is 20.8 Å². The molecule has 22 heavy (non-hydrogen) atoms. The summed E-state index contributed by atoms with van der Waals surface area (Å²) in [5.74, 6) is 1.33. The number of aliphatic imine (C=N–C) groups is 1. The number of non-ortho nitro benzene ring substituents is 1. The topological polar surface area (TPSA) is 91.6 Å². The quantitative estimate of drug-likeness (QED) is 0.225. The second-order valence-corrected chi connectivity index (χ2v) is 5.27. The Labute approximate surface area is 131 Å². The minimum Gasteiger partial charge on any atom is -0.383 e. The first kappa shape index (κ1) is 17.7. The lowest BCUT2D eigenvalue weighted by molar-refractivity contribution is -0.384. The standard InChI is InChI=1S/C15H25N5O2/c1-4-16-15(19-11-12(2)3)18-10-9-17-13-5-7-14(8-6-13)20(21)22/h5-8,12,17H,4,9-11H2,1-3H3,(H2,16,18,19). The number of guanidine groups is 1. The molecule has 0 amide bonds. The van der Waals surface area contributed by atoms with Gasteiger partial charge in [-0.2, -0.15) is 0 Å². The van der Waals surface area contributed by atoms with Crippen LogP contribution in [0.4, 0.5) is 11.4 Å². The predicted molar refractivity (Wildman–Crippen MR) is 90.4 cm³/mol. The van der Waals surface area contributed by atoms with E-state index in [1.165, 1.54) is 12.1 Å². The van der Waals surface area contributed by atoms with E-state index in [4.69, 9.17) is 0 Å². The molecule has 0 aliphatic rings. The summed E-state index contributed by atoms with van der Waals surface area (Å²) in [7, 11) is 0. The molecule has 0 bridgehead atoms. The third-order valence-corrected chi connectivity index (χ3v) is 2.78. The molecule has 0 saturated heterocycles. The predicted octanol–water partition coefficient (Wildman–Crippen LogP) is 2.22. The van der Waals surface area contributed by atoms with Gasteiger partial charge in [0.1, 0.15) is 0 Å². The highest BCUT2D eigenvalue weighted by Gasteiger charge is 2.03. The molecule has 7 nitrogen and oxygen atoms in total. The highest BCUT2D eigenvalue weighted by atomic mass is 16.6. The van der Waals surface area contributed by atoms with Crippen LogP contribution in [0.25, 0.3) is 0 Å². The molecule has 1 aromatic carbocycles. The van der Waals surface area contributed by atoms with Crippen molar-refractivity contribution in [1.82, 2.24) is 10.6 Å². The van der Waals surface area contributed by atoms with Crippen LogP contribution in [0.1, 0.15) is 20.8 Å². The number of nitro groups is 1. The fourth-order valence-corrected chi connectivity index (χ4v) is 1.70. The number of rotatable bonds is 8. The SMILES string of the molecule is CCNC(=NCC(C)C)NCCNc1ccc([N+](=O)[O-])cc1. The maximum atomic E-state index is 10.6. The van der Waals surface area contributed by atoms with Gasteiger partial charge in [0.25, 0.3) is 5.69 Å². The van der Waals surface area contributed by atoms with Gasteiger partial charge in [0.15, 0.2) is 5.96 Å². The first-order chi connectivity index (χ1) is 10.5. The second-order valence-electron chi connectivity index (χ2n) is 5.27. The zero-order valence-corrected chi connectivity index (χ0v) is 13.4. The van der Waals surface area contributed by atoms with E-state index in [0.717, 1.165) is 24.7 Å². The van der Waals surface area contributed by atoms with Crippen LogP contribution in [0.15, 0.2) is 29.3 Å². The monoisotopic (exact) mass is 307 g/mol. The van der Waals surface area contributed by atoms with Crippen LogP contribution in [-0.2, 0) is 0 Å². The molecule has 0 aliphatic heterocycles. The van der Waals surface area contributed by atoms with Crippen molar-refractivity contribution in [1.29, 1.82) is 0 Å². The Hall–Kier alpha value is -2.31. The van der Waals surface area contributed by atoms with Crippen molar-refractivity contribution in [3.8, 4) is 0 Å². The van der Waals surface area contributed by atoms with Crippen LogP contribution in [0, 0.1) is 16.0 Å². The lowest BCUT2D eigenvalue weighted by atomic mass is 10.2. The van der Waals surface area contributed by atoms with Gasteiger partial charge in [-0.15, -0.1) is 0 Å². The largest absolute Gasteiger partial charge is 0.383 e. The maximum Gasteiger partial charge on any atom is 0.269 e. The van der Waals surface area contributed by atoms with E-state index in [2.05, 4.69) is 34.8 Å². The van der Waals surface area contributed by atoms with E-state index >= 15 is 0 Å². The normalized spacial score (nSPS) is 11.4. The molecule has 0 aliphatic carbocycles. The Morgan fingerprint density at radius 3 is 2.45 bits per heavy atom. The molecule has 0 aromatic heterocycles. The molecular weight excluding hydrogens is 282 g/mol. The average molecular weight is 307 g/mol. The van der Waals surface area contributed by atoms with E-state index in [-0.39, 0.29) is 5.69 Å². The van der Waals surface area contributed by atoms with E-state index in [9.17, 15) is 10.1 Å². The number of benzene rings is 1. The highest BCUT2D eigenvalue weighted by molar-refractivity contribution is 5.79. The molecular formula is C15H25N5O2. The average Bonchev–Trinajstić information content (AvgIpc) is 2.49. The van der Waals surface area contributed by atoms with Crippen LogP contribution in [0.2, 0.25) is 0 Å². The molecule has 1 rings (SSSR count). The van der Waals surface area contributed by atoms with Gasteiger partial charge in [-0.3, -0.25) is 15.1 Å². The summed E-state index contributed by atoms with van der Waals surface area (Å²) in [5, 5.41) is 20.2. The van der Waals surface area contributed by atoms with Crippen LogP contribution >= 0.6 is 0 Å². The number of nitrogens with zero attached hydrogens (tertiary/aromatic N) is 2. The summed E-state index contributed by atoms with van der Waals surface area (Å²) >= 11 is 0. The molecule has 0 spiro atoms. The Morgan fingerprint density at radius 1 is 1.23 bits per heavy atom. The molecule has 7 heteroatoms. The zero-order valence-electron chi connectivity index (χ0n) is 13.4. The number of hydrogen-bond acceptors (Lipinski definition) is 4. The third kappa shape index (κ3) is 6.92. The third-order valence-electron chi connectivity index (χ3n) is 2.78. The summed E-state index contributed by atoms with van der Waals surface area (Å²) < 4.78 is 0. The number of nitrogens with one attached hydrogen (secondary N) is 3. The van der Waals surface area contributed by atoms with E-state index < -0.39 is 4.92 Å². The van der Waals surface area contributed by atoms with Crippen LogP contribution < -0.4 is 16.0 Å². The smallest absolute Gasteiger partial charge is 0.269 e. The molecule has 0 unspecified atom stereocenters. The first-order valence-electron chi connectivity index (χ1n) is 7.53. The van der Waals surface area contributed by atoms with Gasteiger partial charge in [0, 0.05) is 44.0 Å². The fraction of sp³-hybridized carbons (Fsp3) is 0.533. The summed E-state index contributed by atoms with van der Waals surface area (Å²) in [6.45, 7) is 9.30. The van der Waals surface area contributed by atoms with Crippen molar-refractivity contribution in [2.24, 2.45) is 10.9 Å². The summed E-state index contributed by atoms with van der Waals surface area (Å²) in [4.78, 5) is 14.7. The van der Waals surface area contributed by atoms with E-state index in [0.29, 0.717) is 19.0 Å². The Kier molecular flexibility index (Phi) is 7.74. The molecule has 3 N–H and O–H groups in total. The molecule has 0 atom stereocenters. The number of hydrogen-bond donors (Lipinski definition) is 3. The highest BCUT2D eigenvalue weighted by Crippen LogP contribution is 2.14. The lowest BCUT2D eigenvalue weighted by Crippen LogP contribution is -2.39. The Bertz CT molecular complexity index is 485. The lowest BCUT2D eigenvalue weighted by Gasteiger charge is -2.13. The minimum atomic E-state index is -0.404. The van der Waals surface area contributed by atoms with Gasteiger partial charge >= 0.3 is 0 Å². The number of nitro benzene ring substituents is 1. The first-order valence-corrected chi connectivity index (χ1v) is 7.53. The van der Waals surface area contributed by atoms with Crippen molar-refractivity contribution in [2.75, 3.05) is 31.5 Å². The zero-order chi connectivity index (χ0) is 16.4. The Morgan fingerprint density at radius 2 is 1.91 bits per heavy atom. The van der Waals surface area contributed by atoms with Gasteiger partial charge in [0.05, 0.1) is 4.92 Å². The molecule has 0 radical (unpaired) electrons. The molecule has 122 valence electrons. The van der Waals surface area contributed by atoms with Gasteiger partial charge in [-0.25, -0.2) is 0 Å². The van der Waals surface area contributed by atoms with Gasteiger partial charge in [-0.05, 0) is 25.0 Å². The summed E-state index contributed by atoms with van der Waals surface area (Å²) in [6, 6.07) is 6.39. The molecule has 0 heterocycles. The number of anilines is 1. The van der Waals surface area contributed by atoms with E-state index in [1.807, 2.05) is 6.92 Å². The molecule has 1 aromatic rings.